The quantitative estimate of drug-likeness (QED) is 0.449. The van der Waals surface area contributed by atoms with Crippen molar-refractivity contribution in [2.24, 2.45) is 0 Å². The Hall–Kier alpha value is -2.78. The standard InChI is InChI=1S/C27H36ClN3O5S/c1-4-25(27(33)29-22-8-6-5-7-9-22)30(18-20-10-12-21(28)13-11-20)26(32)19-31(37(3,34)35)23-14-16-24(36-2)17-15-23/h10-17,22,25H,4-9,18-19H2,1-3H3,(H,29,33)/t25-/m1/s1. The van der Waals surface area contributed by atoms with Crippen LogP contribution in [-0.2, 0) is 26.2 Å². The fraction of sp³-hybridized carbons (Fsp3) is 0.481. The van der Waals surface area contributed by atoms with Crippen LogP contribution in [0.4, 0.5) is 5.69 Å². The van der Waals surface area contributed by atoms with Gasteiger partial charge in [-0.2, -0.15) is 0 Å². The molecule has 202 valence electrons. The lowest BCUT2D eigenvalue weighted by Crippen LogP contribution is -2.53. The zero-order valence-electron chi connectivity index (χ0n) is 21.7. The van der Waals surface area contributed by atoms with Crippen molar-refractivity contribution in [2.75, 3.05) is 24.2 Å². The van der Waals surface area contributed by atoms with Crippen LogP contribution in [0.25, 0.3) is 0 Å². The number of rotatable bonds is 11. The molecule has 1 atom stereocenters. The van der Waals surface area contributed by atoms with E-state index in [9.17, 15) is 18.0 Å². The molecule has 0 saturated heterocycles. The van der Waals surface area contributed by atoms with Gasteiger partial charge < -0.3 is 15.0 Å². The van der Waals surface area contributed by atoms with Crippen LogP contribution in [0.5, 0.6) is 5.75 Å². The highest BCUT2D eigenvalue weighted by molar-refractivity contribution is 7.92. The third-order valence-electron chi connectivity index (χ3n) is 6.64. The average molecular weight is 550 g/mol. The number of nitrogens with one attached hydrogen (secondary N) is 1. The summed E-state index contributed by atoms with van der Waals surface area (Å²) in [5.41, 5.74) is 1.12. The van der Waals surface area contributed by atoms with Crippen molar-refractivity contribution in [1.29, 1.82) is 0 Å². The Bertz CT molecular complexity index is 1150. The Labute approximate surface area is 225 Å². The van der Waals surface area contributed by atoms with Gasteiger partial charge in [-0.3, -0.25) is 13.9 Å². The number of amides is 2. The van der Waals surface area contributed by atoms with Gasteiger partial charge in [0.1, 0.15) is 18.3 Å². The summed E-state index contributed by atoms with van der Waals surface area (Å²) in [6, 6.07) is 12.8. The van der Waals surface area contributed by atoms with E-state index in [1.54, 1.807) is 48.5 Å². The first-order valence-corrected chi connectivity index (χ1v) is 14.8. The molecular weight excluding hydrogens is 514 g/mol. The topological polar surface area (TPSA) is 96.0 Å². The number of ether oxygens (including phenoxy) is 1. The Balaban J connectivity index is 1.89. The highest BCUT2D eigenvalue weighted by Crippen LogP contribution is 2.23. The number of carbonyl (C=O) groups excluding carboxylic acids is 2. The highest BCUT2D eigenvalue weighted by atomic mass is 35.5. The molecule has 1 saturated carbocycles. The van der Waals surface area contributed by atoms with Crippen molar-refractivity contribution in [2.45, 2.75) is 64.1 Å². The predicted octanol–water partition coefficient (Wildman–Crippen LogP) is 4.37. The maximum absolute atomic E-state index is 13.8. The van der Waals surface area contributed by atoms with Gasteiger partial charge in [-0.05, 0) is 61.2 Å². The summed E-state index contributed by atoms with van der Waals surface area (Å²) in [5, 5.41) is 3.69. The Morgan fingerprint density at radius 1 is 1.05 bits per heavy atom. The molecule has 0 heterocycles. The second kappa shape index (κ2) is 13.1. The monoisotopic (exact) mass is 549 g/mol. The molecule has 2 aromatic rings. The second-order valence-corrected chi connectivity index (χ2v) is 11.7. The second-order valence-electron chi connectivity index (χ2n) is 9.38. The largest absolute Gasteiger partial charge is 0.497 e. The summed E-state index contributed by atoms with van der Waals surface area (Å²) in [6.45, 7) is 1.56. The fourth-order valence-corrected chi connectivity index (χ4v) is 5.59. The van der Waals surface area contributed by atoms with Gasteiger partial charge in [0, 0.05) is 17.6 Å². The van der Waals surface area contributed by atoms with E-state index in [2.05, 4.69) is 5.32 Å². The van der Waals surface area contributed by atoms with E-state index < -0.39 is 28.5 Å². The summed E-state index contributed by atoms with van der Waals surface area (Å²) in [5.74, 6) is -0.118. The summed E-state index contributed by atoms with van der Waals surface area (Å²) in [6.07, 6.45) is 6.60. The number of hydrogen-bond donors (Lipinski definition) is 1. The minimum Gasteiger partial charge on any atom is -0.497 e. The van der Waals surface area contributed by atoms with E-state index in [0.29, 0.717) is 22.9 Å². The molecule has 2 amide bonds. The summed E-state index contributed by atoms with van der Waals surface area (Å²) in [7, 11) is -2.27. The van der Waals surface area contributed by atoms with E-state index in [4.69, 9.17) is 16.3 Å². The normalized spacial score (nSPS) is 15.0. The molecule has 0 radical (unpaired) electrons. The number of halogens is 1. The molecule has 2 aromatic carbocycles. The zero-order valence-corrected chi connectivity index (χ0v) is 23.2. The number of carbonyl (C=O) groups is 2. The Morgan fingerprint density at radius 3 is 2.22 bits per heavy atom. The van der Waals surface area contributed by atoms with Gasteiger partial charge in [0.05, 0.1) is 19.1 Å². The van der Waals surface area contributed by atoms with Crippen LogP contribution in [0.2, 0.25) is 5.02 Å². The van der Waals surface area contributed by atoms with E-state index in [1.807, 2.05) is 6.92 Å². The maximum atomic E-state index is 13.8. The summed E-state index contributed by atoms with van der Waals surface area (Å²) >= 11 is 6.04. The van der Waals surface area contributed by atoms with Crippen molar-refractivity contribution < 1.29 is 22.7 Å². The predicted molar refractivity (Wildman–Crippen MR) is 146 cm³/mol. The van der Waals surface area contributed by atoms with E-state index >= 15 is 0 Å². The first-order chi connectivity index (χ1) is 17.6. The average Bonchev–Trinajstić information content (AvgIpc) is 2.88. The molecule has 0 aromatic heterocycles. The first kappa shape index (κ1) is 28.8. The van der Waals surface area contributed by atoms with Crippen LogP contribution in [0.3, 0.4) is 0 Å². The minimum absolute atomic E-state index is 0.0922. The van der Waals surface area contributed by atoms with E-state index in [0.717, 1.165) is 48.2 Å². The van der Waals surface area contributed by atoms with Gasteiger partial charge >= 0.3 is 0 Å². The summed E-state index contributed by atoms with van der Waals surface area (Å²) in [4.78, 5) is 28.6. The molecule has 10 heteroatoms. The van der Waals surface area contributed by atoms with Crippen LogP contribution in [-0.4, -0.2) is 57.1 Å². The molecule has 0 bridgehead atoms. The summed E-state index contributed by atoms with van der Waals surface area (Å²) < 4.78 is 31.6. The minimum atomic E-state index is -3.79. The lowest BCUT2D eigenvalue weighted by atomic mass is 9.95. The van der Waals surface area contributed by atoms with Gasteiger partial charge in [-0.25, -0.2) is 8.42 Å². The molecule has 37 heavy (non-hydrogen) atoms. The van der Waals surface area contributed by atoms with Crippen LogP contribution >= 0.6 is 11.6 Å². The van der Waals surface area contributed by atoms with Crippen LogP contribution in [0.15, 0.2) is 48.5 Å². The number of nitrogens with zero attached hydrogens (tertiary/aromatic N) is 2. The number of benzene rings is 2. The third kappa shape index (κ3) is 8.10. The van der Waals surface area contributed by atoms with Gasteiger partial charge in [0.2, 0.25) is 21.8 Å². The molecule has 8 nitrogen and oxygen atoms in total. The van der Waals surface area contributed by atoms with Gasteiger partial charge in [-0.1, -0.05) is 49.9 Å². The highest BCUT2D eigenvalue weighted by Gasteiger charge is 2.32. The molecule has 0 unspecified atom stereocenters. The molecule has 1 fully saturated rings. The van der Waals surface area contributed by atoms with E-state index in [-0.39, 0.29) is 18.5 Å². The molecule has 1 aliphatic rings. The fourth-order valence-electron chi connectivity index (χ4n) is 4.61. The third-order valence-corrected chi connectivity index (χ3v) is 8.04. The van der Waals surface area contributed by atoms with E-state index in [1.165, 1.54) is 12.0 Å². The first-order valence-electron chi connectivity index (χ1n) is 12.6. The molecule has 1 N–H and O–H groups in total. The van der Waals surface area contributed by atoms with Gasteiger partial charge in [0.15, 0.2) is 0 Å². The molecule has 0 aliphatic heterocycles. The van der Waals surface area contributed by atoms with Crippen molar-refractivity contribution >= 4 is 39.1 Å². The molecular formula is C27H36ClN3O5S. The van der Waals surface area contributed by atoms with Crippen molar-refractivity contribution in [1.82, 2.24) is 10.2 Å². The Kier molecular flexibility index (Phi) is 10.2. The lowest BCUT2D eigenvalue weighted by molar-refractivity contribution is -0.140. The van der Waals surface area contributed by atoms with Crippen molar-refractivity contribution in [3.8, 4) is 5.75 Å². The lowest BCUT2D eigenvalue weighted by Gasteiger charge is -2.34. The number of anilines is 1. The van der Waals surface area contributed by atoms with Crippen LogP contribution < -0.4 is 14.4 Å². The number of sulfonamides is 1. The molecule has 3 rings (SSSR count). The van der Waals surface area contributed by atoms with Crippen molar-refractivity contribution in [3.63, 3.8) is 0 Å². The number of methoxy groups -OCH3 is 1. The van der Waals surface area contributed by atoms with Crippen LogP contribution in [0, 0.1) is 0 Å². The van der Waals surface area contributed by atoms with Crippen LogP contribution in [0.1, 0.15) is 51.0 Å². The Morgan fingerprint density at radius 2 is 1.68 bits per heavy atom. The van der Waals surface area contributed by atoms with Crippen molar-refractivity contribution in [3.05, 3.63) is 59.1 Å². The zero-order chi connectivity index (χ0) is 27.0. The smallest absolute Gasteiger partial charge is 0.244 e. The maximum Gasteiger partial charge on any atom is 0.244 e. The molecule has 1 aliphatic carbocycles. The number of hydrogen-bond acceptors (Lipinski definition) is 5. The van der Waals surface area contributed by atoms with Gasteiger partial charge in [-0.15, -0.1) is 0 Å². The molecule has 0 spiro atoms. The van der Waals surface area contributed by atoms with Gasteiger partial charge in [0.25, 0.3) is 0 Å². The SMILES string of the molecule is CC[C@H](C(=O)NC1CCCCC1)N(Cc1ccc(Cl)cc1)C(=O)CN(c1ccc(OC)cc1)S(C)(=O)=O.